The Balaban J connectivity index is 2.03. The molecule has 2 aromatic carbocycles. The van der Waals surface area contributed by atoms with Crippen LogP contribution in [0.25, 0.3) is 0 Å². The summed E-state index contributed by atoms with van der Waals surface area (Å²) in [4.78, 5) is 12.0. The van der Waals surface area contributed by atoms with Gasteiger partial charge in [0.25, 0.3) is 5.91 Å². The first-order valence-electron chi connectivity index (χ1n) is 7.05. The Kier molecular flexibility index (Phi) is 4.93. The molecule has 0 aliphatic carbocycles. The van der Waals surface area contributed by atoms with Gasteiger partial charge in [-0.2, -0.15) is 0 Å². The van der Waals surface area contributed by atoms with Gasteiger partial charge in [0.15, 0.2) is 0 Å². The van der Waals surface area contributed by atoms with Crippen molar-refractivity contribution in [3.05, 3.63) is 59.4 Å². The largest absolute Gasteiger partial charge is 0.396 e. The second-order valence-electron chi connectivity index (χ2n) is 4.99. The quantitative estimate of drug-likeness (QED) is 0.816. The molecule has 4 heteroatoms. The normalized spacial score (nSPS) is 10.4. The lowest BCUT2D eigenvalue weighted by Gasteiger charge is -2.07. The maximum absolute atomic E-state index is 13.3. The monoisotopic (exact) mass is 286 g/mol. The molecule has 3 N–H and O–H groups in total. The van der Waals surface area contributed by atoms with Crippen molar-refractivity contribution in [3.8, 4) is 0 Å². The fourth-order valence-corrected chi connectivity index (χ4v) is 2.01. The zero-order valence-corrected chi connectivity index (χ0v) is 12.0. The van der Waals surface area contributed by atoms with Crippen LogP contribution in [0.4, 0.5) is 15.8 Å². The van der Waals surface area contributed by atoms with Crippen molar-refractivity contribution in [1.82, 2.24) is 0 Å². The summed E-state index contributed by atoms with van der Waals surface area (Å²) in [6, 6.07) is 11.7. The molecule has 0 fully saturated rings. The summed E-state index contributed by atoms with van der Waals surface area (Å²) in [6.45, 7) is 2.15. The molecule has 1 amide bonds. The average Bonchev–Trinajstić information content (AvgIpc) is 2.49. The zero-order valence-electron chi connectivity index (χ0n) is 12.0. The molecule has 0 heterocycles. The second kappa shape index (κ2) is 6.88. The van der Waals surface area contributed by atoms with Crippen LogP contribution < -0.4 is 11.1 Å². The van der Waals surface area contributed by atoms with Crippen molar-refractivity contribution < 1.29 is 9.18 Å². The van der Waals surface area contributed by atoms with Crippen LogP contribution >= 0.6 is 0 Å². The lowest BCUT2D eigenvalue weighted by atomic mass is 10.1. The van der Waals surface area contributed by atoms with Crippen molar-refractivity contribution >= 4 is 17.3 Å². The third-order valence-electron chi connectivity index (χ3n) is 3.29. The molecule has 0 spiro atoms. The number of amides is 1. The van der Waals surface area contributed by atoms with Gasteiger partial charge in [0, 0.05) is 11.3 Å². The van der Waals surface area contributed by atoms with E-state index in [1.165, 1.54) is 17.7 Å². The van der Waals surface area contributed by atoms with Crippen LogP contribution in [0.2, 0.25) is 0 Å². The standard InChI is InChI=1S/C17H19FN2O/c1-2-3-4-12-5-8-14(9-6-12)20-17(21)13-7-10-16(19)15(18)11-13/h5-11H,2-4,19H2,1H3,(H,20,21). The number of nitrogen functional groups attached to an aromatic ring is 1. The van der Waals surface area contributed by atoms with Gasteiger partial charge in [-0.15, -0.1) is 0 Å². The highest BCUT2D eigenvalue weighted by atomic mass is 19.1. The molecule has 3 nitrogen and oxygen atoms in total. The van der Waals surface area contributed by atoms with E-state index in [2.05, 4.69) is 12.2 Å². The summed E-state index contributed by atoms with van der Waals surface area (Å²) < 4.78 is 13.3. The third kappa shape index (κ3) is 4.05. The van der Waals surface area contributed by atoms with Gasteiger partial charge in [-0.05, 0) is 48.7 Å². The summed E-state index contributed by atoms with van der Waals surface area (Å²) in [5, 5.41) is 2.74. The highest BCUT2D eigenvalue weighted by molar-refractivity contribution is 6.04. The minimum absolute atomic E-state index is 0.0341. The van der Waals surface area contributed by atoms with Gasteiger partial charge in [-0.3, -0.25) is 4.79 Å². The number of hydrogen-bond donors (Lipinski definition) is 2. The highest BCUT2D eigenvalue weighted by Gasteiger charge is 2.08. The topological polar surface area (TPSA) is 55.1 Å². The molecule has 2 aromatic rings. The van der Waals surface area contributed by atoms with Gasteiger partial charge in [-0.1, -0.05) is 25.5 Å². The summed E-state index contributed by atoms with van der Waals surface area (Å²) in [5.41, 5.74) is 7.61. The first-order chi connectivity index (χ1) is 10.1. The number of carbonyl (C=O) groups is 1. The van der Waals surface area contributed by atoms with Crippen molar-refractivity contribution in [1.29, 1.82) is 0 Å². The maximum atomic E-state index is 13.3. The number of hydrogen-bond acceptors (Lipinski definition) is 2. The number of aryl methyl sites for hydroxylation is 1. The fourth-order valence-electron chi connectivity index (χ4n) is 2.01. The molecule has 110 valence electrons. The molecule has 0 aromatic heterocycles. The lowest BCUT2D eigenvalue weighted by Crippen LogP contribution is -2.12. The number of anilines is 2. The van der Waals surface area contributed by atoms with Crippen LogP contribution in [-0.4, -0.2) is 5.91 Å². The molecule has 0 saturated heterocycles. The maximum Gasteiger partial charge on any atom is 0.255 e. The molecule has 0 saturated carbocycles. The van der Waals surface area contributed by atoms with Crippen molar-refractivity contribution in [3.63, 3.8) is 0 Å². The van der Waals surface area contributed by atoms with E-state index in [1.54, 1.807) is 0 Å². The van der Waals surface area contributed by atoms with E-state index >= 15 is 0 Å². The first-order valence-corrected chi connectivity index (χ1v) is 7.05. The van der Waals surface area contributed by atoms with Gasteiger partial charge in [0.2, 0.25) is 0 Å². The predicted octanol–water partition coefficient (Wildman–Crippen LogP) is 4.00. The molecule has 0 atom stereocenters. The second-order valence-corrected chi connectivity index (χ2v) is 4.99. The van der Waals surface area contributed by atoms with Crippen molar-refractivity contribution in [2.75, 3.05) is 11.1 Å². The molecule has 21 heavy (non-hydrogen) atoms. The number of nitrogens with two attached hydrogens (primary N) is 1. The van der Waals surface area contributed by atoms with Gasteiger partial charge in [-0.25, -0.2) is 4.39 Å². The van der Waals surface area contributed by atoms with Crippen LogP contribution in [0, 0.1) is 5.82 Å². The van der Waals surface area contributed by atoms with Crippen LogP contribution in [0.1, 0.15) is 35.7 Å². The van der Waals surface area contributed by atoms with E-state index in [1.807, 2.05) is 24.3 Å². The van der Waals surface area contributed by atoms with Gasteiger partial charge in [0.05, 0.1) is 5.69 Å². The number of unbranched alkanes of at least 4 members (excludes halogenated alkanes) is 1. The predicted molar refractivity (Wildman–Crippen MR) is 83.8 cm³/mol. The molecule has 0 unspecified atom stereocenters. The number of halogens is 1. The summed E-state index contributed by atoms with van der Waals surface area (Å²) in [5.74, 6) is -0.937. The van der Waals surface area contributed by atoms with Gasteiger partial charge >= 0.3 is 0 Å². The first kappa shape index (κ1) is 15.0. The minimum Gasteiger partial charge on any atom is -0.396 e. The summed E-state index contributed by atoms with van der Waals surface area (Å²) >= 11 is 0. The van der Waals surface area contributed by atoms with E-state index in [-0.39, 0.29) is 17.2 Å². The summed E-state index contributed by atoms with van der Waals surface area (Å²) in [6.07, 6.45) is 3.34. The Labute approximate surface area is 124 Å². The van der Waals surface area contributed by atoms with Gasteiger partial charge in [0.1, 0.15) is 5.82 Å². The lowest BCUT2D eigenvalue weighted by molar-refractivity contribution is 0.102. The third-order valence-corrected chi connectivity index (χ3v) is 3.29. The van der Waals surface area contributed by atoms with E-state index in [0.717, 1.165) is 25.3 Å². The number of benzene rings is 2. The van der Waals surface area contributed by atoms with Crippen LogP contribution in [-0.2, 0) is 6.42 Å². The highest BCUT2D eigenvalue weighted by Crippen LogP contribution is 2.15. The molecule has 0 bridgehead atoms. The number of rotatable bonds is 5. The van der Waals surface area contributed by atoms with Crippen molar-refractivity contribution in [2.45, 2.75) is 26.2 Å². The van der Waals surface area contributed by atoms with Crippen molar-refractivity contribution in [2.24, 2.45) is 0 Å². The molecule has 0 aliphatic heterocycles. The zero-order chi connectivity index (χ0) is 15.2. The average molecular weight is 286 g/mol. The molecule has 2 rings (SSSR count). The minimum atomic E-state index is -0.586. The molecule has 0 aliphatic rings. The van der Waals surface area contributed by atoms with E-state index in [9.17, 15) is 9.18 Å². The SMILES string of the molecule is CCCCc1ccc(NC(=O)c2ccc(N)c(F)c2)cc1. The van der Waals surface area contributed by atoms with Gasteiger partial charge < -0.3 is 11.1 Å². The van der Waals surface area contributed by atoms with Crippen LogP contribution in [0.3, 0.4) is 0 Å². The Morgan fingerprint density at radius 2 is 1.90 bits per heavy atom. The van der Waals surface area contributed by atoms with E-state index < -0.39 is 5.82 Å². The molecule has 0 radical (unpaired) electrons. The molecular formula is C17H19FN2O. The van der Waals surface area contributed by atoms with E-state index in [0.29, 0.717) is 5.69 Å². The molecular weight excluding hydrogens is 267 g/mol. The Morgan fingerprint density at radius 1 is 1.19 bits per heavy atom. The van der Waals surface area contributed by atoms with E-state index in [4.69, 9.17) is 5.73 Å². The Bertz CT molecular complexity index is 623. The fraction of sp³-hybridized carbons (Fsp3) is 0.235. The number of carbonyl (C=O) groups excluding carboxylic acids is 1. The Morgan fingerprint density at radius 3 is 2.52 bits per heavy atom. The number of nitrogens with one attached hydrogen (secondary N) is 1. The Hall–Kier alpha value is -2.36. The van der Waals surface area contributed by atoms with Crippen LogP contribution in [0.15, 0.2) is 42.5 Å². The smallest absolute Gasteiger partial charge is 0.255 e. The van der Waals surface area contributed by atoms with Crippen LogP contribution in [0.5, 0.6) is 0 Å². The summed E-state index contributed by atoms with van der Waals surface area (Å²) in [7, 11) is 0.